The van der Waals surface area contributed by atoms with Gasteiger partial charge in [0.05, 0.1) is 6.17 Å². The quantitative estimate of drug-likeness (QED) is 0.537. The van der Waals surface area contributed by atoms with Gasteiger partial charge in [-0.2, -0.15) is 4.98 Å². The van der Waals surface area contributed by atoms with E-state index in [9.17, 15) is 4.79 Å². The molecule has 0 bridgehead atoms. The third-order valence-corrected chi connectivity index (χ3v) is 2.82. The van der Waals surface area contributed by atoms with Gasteiger partial charge in [-0.05, 0) is 19.8 Å². The lowest BCUT2D eigenvalue weighted by atomic mass is 10.3. The van der Waals surface area contributed by atoms with Crippen molar-refractivity contribution in [1.82, 2.24) is 9.97 Å². The number of aromatic amines is 1. The zero-order valence-corrected chi connectivity index (χ0v) is 9.73. The maximum Gasteiger partial charge on any atom is 0.277 e. The topological polar surface area (TPSA) is 107 Å². The number of unbranched alkanes of at least 4 members (excludes halogenated alkanes) is 1. The first-order chi connectivity index (χ1) is 8.13. The SMILES string of the molecule is CC1Nc2c(nc(N)[nH]c2=O)N1CCCCO. The minimum Gasteiger partial charge on any atom is -0.396 e. The third-order valence-electron chi connectivity index (χ3n) is 2.82. The normalized spacial score (nSPS) is 18.0. The number of aromatic nitrogens is 2. The van der Waals surface area contributed by atoms with E-state index in [1.807, 2.05) is 11.8 Å². The number of nitrogen functional groups attached to an aromatic ring is 1. The van der Waals surface area contributed by atoms with E-state index < -0.39 is 0 Å². The number of rotatable bonds is 4. The lowest BCUT2D eigenvalue weighted by Gasteiger charge is -2.22. The molecule has 17 heavy (non-hydrogen) atoms. The lowest BCUT2D eigenvalue weighted by Crippen LogP contribution is -2.34. The van der Waals surface area contributed by atoms with E-state index in [4.69, 9.17) is 10.8 Å². The molecule has 1 unspecified atom stereocenters. The maximum absolute atomic E-state index is 11.6. The fraction of sp³-hybridized carbons (Fsp3) is 0.600. The van der Waals surface area contributed by atoms with E-state index in [1.165, 1.54) is 0 Å². The number of nitrogens with two attached hydrogens (primary N) is 1. The van der Waals surface area contributed by atoms with Crippen LogP contribution in [0.15, 0.2) is 4.79 Å². The molecule has 1 aliphatic rings. The van der Waals surface area contributed by atoms with E-state index in [-0.39, 0.29) is 24.3 Å². The second-order valence-electron chi connectivity index (χ2n) is 4.09. The highest BCUT2D eigenvalue weighted by Crippen LogP contribution is 2.29. The van der Waals surface area contributed by atoms with Crippen LogP contribution in [0.3, 0.4) is 0 Å². The minimum atomic E-state index is -0.246. The molecule has 0 aromatic carbocycles. The van der Waals surface area contributed by atoms with Gasteiger partial charge in [0.1, 0.15) is 5.69 Å². The fourth-order valence-electron chi connectivity index (χ4n) is 1.98. The van der Waals surface area contributed by atoms with E-state index in [0.29, 0.717) is 11.5 Å². The number of fused-ring (bicyclic) bond motifs is 1. The Balaban J connectivity index is 2.24. The van der Waals surface area contributed by atoms with Crippen molar-refractivity contribution in [3.63, 3.8) is 0 Å². The van der Waals surface area contributed by atoms with Gasteiger partial charge in [-0.3, -0.25) is 9.78 Å². The van der Waals surface area contributed by atoms with Crippen molar-refractivity contribution in [2.75, 3.05) is 29.1 Å². The van der Waals surface area contributed by atoms with E-state index in [1.54, 1.807) is 0 Å². The van der Waals surface area contributed by atoms with Crippen molar-refractivity contribution in [1.29, 1.82) is 0 Å². The zero-order chi connectivity index (χ0) is 12.4. The van der Waals surface area contributed by atoms with Gasteiger partial charge in [-0.15, -0.1) is 0 Å². The van der Waals surface area contributed by atoms with E-state index >= 15 is 0 Å². The Labute approximate surface area is 98.7 Å². The highest BCUT2D eigenvalue weighted by molar-refractivity contribution is 5.71. The fourth-order valence-corrected chi connectivity index (χ4v) is 1.98. The van der Waals surface area contributed by atoms with Crippen LogP contribution in [-0.2, 0) is 0 Å². The van der Waals surface area contributed by atoms with Crippen molar-refractivity contribution in [2.24, 2.45) is 0 Å². The van der Waals surface area contributed by atoms with Crippen LogP contribution in [0.25, 0.3) is 0 Å². The zero-order valence-electron chi connectivity index (χ0n) is 9.73. The molecule has 0 fully saturated rings. The highest BCUT2D eigenvalue weighted by atomic mass is 16.2. The van der Waals surface area contributed by atoms with Gasteiger partial charge in [0.15, 0.2) is 5.82 Å². The molecule has 0 radical (unpaired) electrons. The molecule has 94 valence electrons. The summed E-state index contributed by atoms with van der Waals surface area (Å²) in [5, 5.41) is 11.8. The van der Waals surface area contributed by atoms with Gasteiger partial charge in [-0.1, -0.05) is 0 Å². The Hall–Kier alpha value is -1.76. The molecule has 1 aromatic heterocycles. The summed E-state index contributed by atoms with van der Waals surface area (Å²) in [6.07, 6.45) is 1.59. The molecule has 1 aromatic rings. The van der Waals surface area contributed by atoms with Gasteiger partial charge in [0.2, 0.25) is 5.95 Å². The summed E-state index contributed by atoms with van der Waals surface area (Å²) >= 11 is 0. The van der Waals surface area contributed by atoms with Crippen LogP contribution in [0, 0.1) is 0 Å². The molecular formula is C10H17N5O2. The van der Waals surface area contributed by atoms with Crippen LogP contribution in [0.5, 0.6) is 0 Å². The smallest absolute Gasteiger partial charge is 0.277 e. The number of hydrogen-bond donors (Lipinski definition) is 4. The summed E-state index contributed by atoms with van der Waals surface area (Å²) in [6, 6.07) is 0. The van der Waals surface area contributed by atoms with Gasteiger partial charge in [0.25, 0.3) is 5.56 Å². The number of aliphatic hydroxyl groups excluding tert-OH is 1. The molecule has 0 saturated carbocycles. The summed E-state index contributed by atoms with van der Waals surface area (Å²) in [6.45, 7) is 2.86. The van der Waals surface area contributed by atoms with Crippen molar-refractivity contribution in [3.8, 4) is 0 Å². The molecule has 1 atom stereocenters. The van der Waals surface area contributed by atoms with Crippen LogP contribution in [-0.4, -0.2) is 34.4 Å². The molecule has 2 rings (SSSR count). The molecule has 7 nitrogen and oxygen atoms in total. The number of hydrogen-bond acceptors (Lipinski definition) is 6. The Morgan fingerprint density at radius 3 is 3.00 bits per heavy atom. The standard InChI is InChI=1S/C10H17N5O2/c1-6-12-7-8(13-10(11)14-9(7)17)15(6)4-2-3-5-16/h6,12,16H,2-5H2,1H3,(H3,11,13,14,17). The summed E-state index contributed by atoms with van der Waals surface area (Å²) in [5.41, 5.74) is 5.76. The Bertz CT molecular complexity index is 458. The highest BCUT2D eigenvalue weighted by Gasteiger charge is 2.28. The van der Waals surface area contributed by atoms with E-state index in [2.05, 4.69) is 15.3 Å². The molecule has 7 heteroatoms. The van der Waals surface area contributed by atoms with Crippen molar-refractivity contribution < 1.29 is 5.11 Å². The predicted octanol–water partition coefficient (Wildman–Crippen LogP) is -0.298. The van der Waals surface area contributed by atoms with Gasteiger partial charge in [0, 0.05) is 13.2 Å². The number of aliphatic hydroxyl groups is 1. The molecule has 5 N–H and O–H groups in total. The van der Waals surface area contributed by atoms with E-state index in [0.717, 1.165) is 19.4 Å². The average Bonchev–Trinajstić information content (AvgIpc) is 2.57. The van der Waals surface area contributed by atoms with Crippen LogP contribution in [0.2, 0.25) is 0 Å². The molecule has 2 heterocycles. The Kier molecular flexibility index (Phi) is 3.19. The Morgan fingerprint density at radius 2 is 2.29 bits per heavy atom. The Morgan fingerprint density at radius 1 is 1.53 bits per heavy atom. The van der Waals surface area contributed by atoms with Crippen molar-refractivity contribution in [2.45, 2.75) is 25.9 Å². The van der Waals surface area contributed by atoms with Crippen LogP contribution >= 0.6 is 0 Å². The predicted molar refractivity (Wildman–Crippen MR) is 66.0 cm³/mol. The number of anilines is 3. The van der Waals surface area contributed by atoms with Crippen LogP contribution < -0.4 is 21.5 Å². The molecule has 0 spiro atoms. The number of H-pyrrole nitrogens is 1. The number of nitrogens with zero attached hydrogens (tertiary/aromatic N) is 2. The summed E-state index contributed by atoms with van der Waals surface area (Å²) in [7, 11) is 0. The first kappa shape index (κ1) is 11.7. The van der Waals surface area contributed by atoms with Crippen LogP contribution in [0.4, 0.5) is 17.5 Å². The monoisotopic (exact) mass is 239 g/mol. The molecule has 0 saturated heterocycles. The number of nitrogens with one attached hydrogen (secondary N) is 2. The lowest BCUT2D eigenvalue weighted by molar-refractivity contribution is 0.285. The molecule has 1 aliphatic heterocycles. The average molecular weight is 239 g/mol. The summed E-state index contributed by atoms with van der Waals surface area (Å²) in [5.74, 6) is 0.716. The van der Waals surface area contributed by atoms with Gasteiger partial charge in [-0.25, -0.2) is 0 Å². The first-order valence-corrected chi connectivity index (χ1v) is 5.67. The molecular weight excluding hydrogens is 222 g/mol. The molecule has 0 amide bonds. The second kappa shape index (κ2) is 4.62. The maximum atomic E-state index is 11.6. The van der Waals surface area contributed by atoms with Gasteiger partial charge >= 0.3 is 0 Å². The molecule has 0 aliphatic carbocycles. The van der Waals surface area contributed by atoms with Crippen molar-refractivity contribution in [3.05, 3.63) is 10.4 Å². The second-order valence-corrected chi connectivity index (χ2v) is 4.09. The largest absolute Gasteiger partial charge is 0.396 e. The minimum absolute atomic E-state index is 0.0130. The van der Waals surface area contributed by atoms with Crippen LogP contribution in [0.1, 0.15) is 19.8 Å². The van der Waals surface area contributed by atoms with Gasteiger partial charge < -0.3 is 21.1 Å². The van der Waals surface area contributed by atoms with Crippen molar-refractivity contribution >= 4 is 17.5 Å². The first-order valence-electron chi connectivity index (χ1n) is 5.67. The summed E-state index contributed by atoms with van der Waals surface area (Å²) < 4.78 is 0. The third kappa shape index (κ3) is 2.19. The summed E-state index contributed by atoms with van der Waals surface area (Å²) in [4.78, 5) is 20.2.